The van der Waals surface area contributed by atoms with Crippen molar-refractivity contribution >= 4 is 11.7 Å². The SMILES string of the molecule is CC(C)CCCCCCNc1ccc(F)cc1C(=O)O. The molecular weight excluding hydrogens is 257 g/mol. The van der Waals surface area contributed by atoms with E-state index in [2.05, 4.69) is 19.2 Å². The molecule has 0 amide bonds. The van der Waals surface area contributed by atoms with Gasteiger partial charge in [-0.3, -0.25) is 0 Å². The fraction of sp³-hybridized carbons (Fsp3) is 0.562. The molecule has 0 saturated carbocycles. The van der Waals surface area contributed by atoms with Crippen LogP contribution in [0.25, 0.3) is 0 Å². The summed E-state index contributed by atoms with van der Waals surface area (Å²) in [6.07, 6.45) is 5.83. The van der Waals surface area contributed by atoms with Crippen molar-refractivity contribution < 1.29 is 14.3 Å². The molecule has 0 spiro atoms. The molecule has 0 atom stereocenters. The van der Waals surface area contributed by atoms with E-state index in [4.69, 9.17) is 5.11 Å². The number of nitrogens with one attached hydrogen (secondary N) is 1. The van der Waals surface area contributed by atoms with E-state index < -0.39 is 11.8 Å². The summed E-state index contributed by atoms with van der Waals surface area (Å²) in [6.45, 7) is 5.17. The topological polar surface area (TPSA) is 49.3 Å². The predicted molar refractivity (Wildman–Crippen MR) is 79.8 cm³/mol. The van der Waals surface area contributed by atoms with Gasteiger partial charge in [-0.2, -0.15) is 0 Å². The molecule has 4 heteroatoms. The minimum atomic E-state index is -1.11. The van der Waals surface area contributed by atoms with Crippen LogP contribution in [0.2, 0.25) is 0 Å². The van der Waals surface area contributed by atoms with Gasteiger partial charge in [0.15, 0.2) is 0 Å². The Morgan fingerprint density at radius 3 is 2.60 bits per heavy atom. The molecule has 0 aliphatic carbocycles. The third kappa shape index (κ3) is 6.04. The molecule has 0 heterocycles. The number of hydrogen-bond donors (Lipinski definition) is 2. The van der Waals surface area contributed by atoms with Crippen molar-refractivity contribution in [3.63, 3.8) is 0 Å². The average Bonchev–Trinajstić information content (AvgIpc) is 2.38. The summed E-state index contributed by atoms with van der Waals surface area (Å²) in [5.74, 6) is -0.879. The monoisotopic (exact) mass is 281 g/mol. The molecule has 1 rings (SSSR count). The molecule has 0 saturated heterocycles. The van der Waals surface area contributed by atoms with Crippen LogP contribution < -0.4 is 5.32 Å². The van der Waals surface area contributed by atoms with Crippen LogP contribution in [0.15, 0.2) is 18.2 Å². The zero-order chi connectivity index (χ0) is 15.0. The summed E-state index contributed by atoms with van der Waals surface area (Å²) in [6, 6.07) is 3.81. The molecule has 3 nitrogen and oxygen atoms in total. The summed E-state index contributed by atoms with van der Waals surface area (Å²) in [7, 11) is 0. The minimum Gasteiger partial charge on any atom is -0.478 e. The highest BCUT2D eigenvalue weighted by molar-refractivity contribution is 5.94. The van der Waals surface area contributed by atoms with Crippen LogP contribution in [0.5, 0.6) is 0 Å². The summed E-state index contributed by atoms with van der Waals surface area (Å²) >= 11 is 0. The number of benzene rings is 1. The van der Waals surface area contributed by atoms with Crippen LogP contribution in [0.1, 0.15) is 56.3 Å². The maximum atomic E-state index is 13.0. The molecule has 1 aromatic carbocycles. The van der Waals surface area contributed by atoms with Crippen LogP contribution in [-0.2, 0) is 0 Å². The number of hydrogen-bond acceptors (Lipinski definition) is 2. The Morgan fingerprint density at radius 2 is 1.95 bits per heavy atom. The van der Waals surface area contributed by atoms with E-state index in [1.54, 1.807) is 0 Å². The van der Waals surface area contributed by atoms with Crippen molar-refractivity contribution in [2.45, 2.75) is 46.0 Å². The average molecular weight is 281 g/mol. The van der Waals surface area contributed by atoms with Crippen molar-refractivity contribution in [1.82, 2.24) is 0 Å². The molecule has 0 fully saturated rings. The van der Waals surface area contributed by atoms with Crippen LogP contribution >= 0.6 is 0 Å². The van der Waals surface area contributed by atoms with E-state index in [-0.39, 0.29) is 5.56 Å². The third-order valence-corrected chi connectivity index (χ3v) is 3.24. The van der Waals surface area contributed by atoms with Gasteiger partial charge in [0.2, 0.25) is 0 Å². The van der Waals surface area contributed by atoms with Crippen LogP contribution in [0.4, 0.5) is 10.1 Å². The quantitative estimate of drug-likeness (QED) is 0.653. The molecule has 1 aromatic rings. The maximum absolute atomic E-state index is 13.0. The molecule has 0 radical (unpaired) electrons. The van der Waals surface area contributed by atoms with Gasteiger partial charge in [-0.15, -0.1) is 0 Å². The van der Waals surface area contributed by atoms with E-state index >= 15 is 0 Å². The highest BCUT2D eigenvalue weighted by atomic mass is 19.1. The van der Waals surface area contributed by atoms with Gasteiger partial charge in [0.05, 0.1) is 5.56 Å². The highest BCUT2D eigenvalue weighted by Crippen LogP contribution is 2.17. The van der Waals surface area contributed by atoms with Crippen molar-refractivity contribution in [2.75, 3.05) is 11.9 Å². The van der Waals surface area contributed by atoms with E-state index in [0.29, 0.717) is 12.2 Å². The molecule has 0 unspecified atom stereocenters. The second-order valence-electron chi connectivity index (χ2n) is 5.52. The first-order valence-corrected chi connectivity index (χ1v) is 7.27. The number of anilines is 1. The lowest BCUT2D eigenvalue weighted by molar-refractivity contribution is 0.0697. The first-order valence-electron chi connectivity index (χ1n) is 7.27. The van der Waals surface area contributed by atoms with Crippen LogP contribution in [0, 0.1) is 11.7 Å². The molecule has 0 aliphatic heterocycles. The standard InChI is InChI=1S/C16H24FNO2/c1-12(2)7-5-3-4-6-10-18-15-9-8-13(17)11-14(15)16(19)20/h8-9,11-12,18H,3-7,10H2,1-2H3,(H,19,20). The second-order valence-corrected chi connectivity index (χ2v) is 5.52. The van der Waals surface area contributed by atoms with Gasteiger partial charge < -0.3 is 10.4 Å². The van der Waals surface area contributed by atoms with Gasteiger partial charge in [-0.25, -0.2) is 9.18 Å². The maximum Gasteiger partial charge on any atom is 0.337 e. The van der Waals surface area contributed by atoms with Gasteiger partial charge in [-0.1, -0.05) is 39.5 Å². The van der Waals surface area contributed by atoms with Crippen molar-refractivity contribution in [2.24, 2.45) is 5.92 Å². The number of carbonyl (C=O) groups is 1. The van der Waals surface area contributed by atoms with Crippen molar-refractivity contribution in [1.29, 1.82) is 0 Å². The Morgan fingerprint density at radius 1 is 1.25 bits per heavy atom. The van der Waals surface area contributed by atoms with Crippen molar-refractivity contribution in [3.8, 4) is 0 Å². The van der Waals surface area contributed by atoms with Gasteiger partial charge >= 0.3 is 5.97 Å². The van der Waals surface area contributed by atoms with Gasteiger partial charge in [0.1, 0.15) is 5.82 Å². The lowest BCUT2D eigenvalue weighted by Crippen LogP contribution is -2.08. The van der Waals surface area contributed by atoms with E-state index in [1.165, 1.54) is 31.4 Å². The zero-order valence-electron chi connectivity index (χ0n) is 12.3. The lowest BCUT2D eigenvalue weighted by Gasteiger charge is -2.10. The molecule has 0 aromatic heterocycles. The first-order chi connectivity index (χ1) is 9.50. The van der Waals surface area contributed by atoms with Gasteiger partial charge in [0, 0.05) is 12.2 Å². The number of carboxylic acid groups (broad SMARTS) is 1. The lowest BCUT2D eigenvalue weighted by atomic mass is 10.0. The van der Waals surface area contributed by atoms with Gasteiger partial charge in [0.25, 0.3) is 0 Å². The number of aromatic carboxylic acids is 1. The molecular formula is C16H24FNO2. The Labute approximate surface area is 120 Å². The molecule has 0 aliphatic rings. The predicted octanol–water partition coefficient (Wildman–Crippen LogP) is 4.54. The fourth-order valence-electron chi connectivity index (χ4n) is 2.10. The largest absolute Gasteiger partial charge is 0.478 e. The number of halogens is 1. The number of rotatable bonds is 9. The molecule has 20 heavy (non-hydrogen) atoms. The Balaban J connectivity index is 2.30. The first kappa shape index (κ1) is 16.5. The van der Waals surface area contributed by atoms with E-state index in [1.807, 2.05) is 0 Å². The van der Waals surface area contributed by atoms with Gasteiger partial charge in [-0.05, 0) is 30.5 Å². The van der Waals surface area contributed by atoms with E-state index in [9.17, 15) is 9.18 Å². The highest BCUT2D eigenvalue weighted by Gasteiger charge is 2.10. The molecule has 0 bridgehead atoms. The smallest absolute Gasteiger partial charge is 0.337 e. The summed E-state index contributed by atoms with van der Waals surface area (Å²) in [5.41, 5.74) is 0.478. The number of unbranched alkanes of at least 4 members (excludes halogenated alkanes) is 3. The fourth-order valence-corrected chi connectivity index (χ4v) is 2.10. The summed E-state index contributed by atoms with van der Waals surface area (Å²) in [5, 5.41) is 12.1. The zero-order valence-corrected chi connectivity index (χ0v) is 12.3. The van der Waals surface area contributed by atoms with E-state index in [0.717, 1.165) is 24.8 Å². The Hall–Kier alpha value is -1.58. The summed E-state index contributed by atoms with van der Waals surface area (Å²) in [4.78, 5) is 11.0. The van der Waals surface area contributed by atoms with Crippen LogP contribution in [-0.4, -0.2) is 17.6 Å². The van der Waals surface area contributed by atoms with Crippen molar-refractivity contribution in [3.05, 3.63) is 29.6 Å². The minimum absolute atomic E-state index is 0.00944. The molecule has 2 N–H and O–H groups in total. The second kappa shape index (κ2) is 8.56. The Bertz CT molecular complexity index is 432. The third-order valence-electron chi connectivity index (χ3n) is 3.24. The molecule has 112 valence electrons. The number of carboxylic acids is 1. The Kier molecular flexibility index (Phi) is 7.05. The summed E-state index contributed by atoms with van der Waals surface area (Å²) < 4.78 is 13.0. The normalized spacial score (nSPS) is 10.8. The van der Waals surface area contributed by atoms with Crippen LogP contribution in [0.3, 0.4) is 0 Å².